The minimum atomic E-state index is -0.290. The Bertz CT molecular complexity index is 213. The zero-order valence-corrected chi connectivity index (χ0v) is 7.97. The highest BCUT2D eigenvalue weighted by Crippen LogP contribution is 2.38. The Labute approximate surface area is 77.3 Å². The van der Waals surface area contributed by atoms with Crippen LogP contribution in [0, 0.1) is 5.41 Å². The molecule has 2 rings (SSSR count). The fourth-order valence-corrected chi connectivity index (χ4v) is 2.59. The summed E-state index contributed by atoms with van der Waals surface area (Å²) in [6.07, 6.45) is 1.12. The zero-order valence-electron chi connectivity index (χ0n) is 7.22. The summed E-state index contributed by atoms with van der Waals surface area (Å²) in [7, 11) is 2.11. The molecule has 2 saturated heterocycles. The number of carbonyl (C=O) groups excluding carboxylic acids is 1. The Morgan fingerprint density at radius 1 is 1.42 bits per heavy atom. The first-order chi connectivity index (χ1) is 5.61. The average molecular weight is 189 g/mol. The molecule has 0 N–H and O–H groups in total. The molecule has 0 aromatic carbocycles. The van der Waals surface area contributed by atoms with Gasteiger partial charge in [0.1, 0.15) is 0 Å². The fraction of sp³-hybridized carbons (Fsp3) is 0.875. The van der Waals surface area contributed by atoms with Crippen LogP contribution in [-0.2, 0) is 0 Å². The normalized spacial score (nSPS) is 27.7. The Balaban J connectivity index is 1.95. The van der Waals surface area contributed by atoms with Gasteiger partial charge in [-0.1, -0.05) is 0 Å². The molecule has 0 unspecified atom stereocenters. The summed E-state index contributed by atoms with van der Waals surface area (Å²) >= 11 is 5.40. The van der Waals surface area contributed by atoms with E-state index in [-0.39, 0.29) is 5.37 Å². The smallest absolute Gasteiger partial charge is 0.316 e. The van der Waals surface area contributed by atoms with Gasteiger partial charge in [0.05, 0.1) is 0 Å². The molecule has 68 valence electrons. The Kier molecular flexibility index (Phi) is 1.81. The van der Waals surface area contributed by atoms with E-state index in [0.717, 1.165) is 32.6 Å². The lowest BCUT2D eigenvalue weighted by Crippen LogP contribution is -2.55. The second kappa shape index (κ2) is 2.60. The Morgan fingerprint density at radius 2 is 2.08 bits per heavy atom. The Morgan fingerprint density at radius 3 is 2.50 bits per heavy atom. The highest BCUT2D eigenvalue weighted by atomic mass is 35.5. The molecule has 0 aromatic heterocycles. The third-order valence-electron chi connectivity index (χ3n) is 2.90. The molecule has 0 saturated carbocycles. The monoisotopic (exact) mass is 188 g/mol. The molecule has 1 amide bonds. The van der Waals surface area contributed by atoms with Crippen molar-refractivity contribution >= 4 is 17.0 Å². The van der Waals surface area contributed by atoms with Crippen molar-refractivity contribution in [2.45, 2.75) is 6.42 Å². The summed E-state index contributed by atoms with van der Waals surface area (Å²) in [6, 6.07) is 0. The van der Waals surface area contributed by atoms with E-state index in [1.54, 1.807) is 4.90 Å². The highest BCUT2D eigenvalue weighted by molar-refractivity contribution is 6.62. The largest absolute Gasteiger partial charge is 0.329 e. The lowest BCUT2D eigenvalue weighted by Gasteiger charge is -2.45. The van der Waals surface area contributed by atoms with Gasteiger partial charge in [0.15, 0.2) is 0 Å². The van der Waals surface area contributed by atoms with E-state index in [2.05, 4.69) is 11.9 Å². The maximum atomic E-state index is 10.8. The molecule has 2 heterocycles. The second-order valence-electron chi connectivity index (χ2n) is 4.10. The summed E-state index contributed by atoms with van der Waals surface area (Å²) in [5, 5.41) is -0.290. The van der Waals surface area contributed by atoms with E-state index in [0.29, 0.717) is 5.41 Å². The van der Waals surface area contributed by atoms with E-state index in [1.165, 1.54) is 0 Å². The van der Waals surface area contributed by atoms with E-state index in [4.69, 9.17) is 11.6 Å². The quantitative estimate of drug-likeness (QED) is 0.418. The lowest BCUT2D eigenvalue weighted by atomic mass is 9.80. The van der Waals surface area contributed by atoms with Crippen LogP contribution in [-0.4, -0.2) is 48.4 Å². The molecule has 2 aliphatic rings. The predicted octanol–water partition coefficient (Wildman–Crippen LogP) is 0.983. The van der Waals surface area contributed by atoms with Gasteiger partial charge in [-0.3, -0.25) is 4.79 Å². The molecule has 0 radical (unpaired) electrons. The standard InChI is InChI=1S/C8H13ClN2O/c1-10-4-8(5-10)2-3-11(6-8)7(9)12/h2-6H2,1H3. The molecule has 1 spiro atoms. The highest BCUT2D eigenvalue weighted by Gasteiger charge is 2.46. The topological polar surface area (TPSA) is 23.6 Å². The molecule has 2 fully saturated rings. The van der Waals surface area contributed by atoms with E-state index in [9.17, 15) is 4.79 Å². The van der Waals surface area contributed by atoms with Crippen molar-refractivity contribution in [1.29, 1.82) is 0 Å². The van der Waals surface area contributed by atoms with Crippen molar-refractivity contribution in [3.63, 3.8) is 0 Å². The molecule has 2 aliphatic heterocycles. The first-order valence-electron chi connectivity index (χ1n) is 4.24. The van der Waals surface area contributed by atoms with Crippen LogP contribution in [0.2, 0.25) is 0 Å². The van der Waals surface area contributed by atoms with Crippen molar-refractivity contribution < 1.29 is 4.79 Å². The molecular weight excluding hydrogens is 176 g/mol. The van der Waals surface area contributed by atoms with Crippen LogP contribution in [0.4, 0.5) is 4.79 Å². The van der Waals surface area contributed by atoms with E-state index < -0.39 is 0 Å². The van der Waals surface area contributed by atoms with Gasteiger partial charge >= 0.3 is 5.37 Å². The summed E-state index contributed by atoms with van der Waals surface area (Å²) in [5.41, 5.74) is 0.388. The number of nitrogens with zero attached hydrogens (tertiary/aromatic N) is 2. The molecule has 4 heteroatoms. The van der Waals surface area contributed by atoms with Gasteiger partial charge in [0.25, 0.3) is 0 Å². The van der Waals surface area contributed by atoms with E-state index >= 15 is 0 Å². The van der Waals surface area contributed by atoms with Crippen LogP contribution in [0.5, 0.6) is 0 Å². The van der Waals surface area contributed by atoms with Crippen molar-refractivity contribution in [1.82, 2.24) is 9.80 Å². The minimum Gasteiger partial charge on any atom is -0.329 e. The van der Waals surface area contributed by atoms with Crippen LogP contribution in [0.1, 0.15) is 6.42 Å². The predicted molar refractivity (Wildman–Crippen MR) is 47.4 cm³/mol. The third-order valence-corrected chi connectivity index (χ3v) is 3.14. The van der Waals surface area contributed by atoms with E-state index in [1.807, 2.05) is 0 Å². The Hall–Kier alpha value is -0.280. The summed E-state index contributed by atoms with van der Waals surface area (Å²) in [5.74, 6) is 0. The first kappa shape index (κ1) is 8.32. The molecule has 12 heavy (non-hydrogen) atoms. The maximum Gasteiger partial charge on any atom is 0.316 e. The second-order valence-corrected chi connectivity index (χ2v) is 4.42. The zero-order chi connectivity index (χ0) is 8.77. The number of rotatable bonds is 0. The van der Waals surface area contributed by atoms with Crippen molar-refractivity contribution in [2.75, 3.05) is 33.2 Å². The van der Waals surface area contributed by atoms with Gasteiger partial charge in [-0.15, -0.1) is 0 Å². The van der Waals surface area contributed by atoms with Gasteiger partial charge < -0.3 is 9.80 Å². The number of amides is 1. The average Bonchev–Trinajstić information content (AvgIpc) is 2.31. The minimum absolute atomic E-state index is 0.290. The molecular formula is C8H13ClN2O. The van der Waals surface area contributed by atoms with Gasteiger partial charge in [0.2, 0.25) is 0 Å². The van der Waals surface area contributed by atoms with Crippen molar-refractivity contribution in [2.24, 2.45) is 5.41 Å². The molecule has 0 aromatic rings. The van der Waals surface area contributed by atoms with Gasteiger partial charge in [-0.25, -0.2) is 0 Å². The molecule has 0 atom stereocenters. The number of carbonyl (C=O) groups is 1. The third kappa shape index (κ3) is 1.21. The first-order valence-corrected chi connectivity index (χ1v) is 4.62. The van der Waals surface area contributed by atoms with Crippen molar-refractivity contribution in [3.8, 4) is 0 Å². The van der Waals surface area contributed by atoms with Crippen LogP contribution in [0.15, 0.2) is 0 Å². The van der Waals surface area contributed by atoms with Crippen molar-refractivity contribution in [3.05, 3.63) is 0 Å². The van der Waals surface area contributed by atoms with Crippen LogP contribution < -0.4 is 0 Å². The van der Waals surface area contributed by atoms with Crippen LogP contribution in [0.3, 0.4) is 0 Å². The number of hydrogen-bond donors (Lipinski definition) is 0. The molecule has 3 nitrogen and oxygen atoms in total. The fourth-order valence-electron chi connectivity index (χ4n) is 2.44. The number of likely N-dealkylation sites (tertiary alicyclic amines) is 2. The lowest BCUT2D eigenvalue weighted by molar-refractivity contribution is 0.0344. The van der Waals surface area contributed by atoms with Crippen LogP contribution in [0.25, 0.3) is 0 Å². The van der Waals surface area contributed by atoms with Crippen LogP contribution >= 0.6 is 11.6 Å². The number of halogens is 1. The summed E-state index contributed by atoms with van der Waals surface area (Å²) < 4.78 is 0. The number of hydrogen-bond acceptors (Lipinski definition) is 2. The summed E-state index contributed by atoms with van der Waals surface area (Å²) in [4.78, 5) is 14.9. The van der Waals surface area contributed by atoms with Gasteiger partial charge in [0, 0.05) is 31.6 Å². The summed E-state index contributed by atoms with van der Waals surface area (Å²) in [6.45, 7) is 3.94. The van der Waals surface area contributed by atoms with Gasteiger partial charge in [-0.05, 0) is 25.1 Å². The van der Waals surface area contributed by atoms with Gasteiger partial charge in [-0.2, -0.15) is 0 Å². The SMILES string of the molecule is CN1CC2(CCN(C(=O)Cl)C2)C1. The molecule has 0 aliphatic carbocycles. The maximum absolute atomic E-state index is 10.8. The molecule has 0 bridgehead atoms.